The molecule has 5 heteroatoms. The summed E-state index contributed by atoms with van der Waals surface area (Å²) < 4.78 is 5.86. The zero-order valence-electron chi connectivity index (χ0n) is 13.6. The number of hydrogen-bond acceptors (Lipinski definition) is 4. The fraction of sp³-hybridized carbons (Fsp3) is 0.421. The predicted octanol–water partition coefficient (Wildman–Crippen LogP) is 2.65. The number of pyridine rings is 2. The van der Waals surface area contributed by atoms with Crippen molar-refractivity contribution < 1.29 is 9.53 Å². The molecular weight excluding hydrogens is 302 g/mol. The molecule has 0 bridgehead atoms. The molecule has 1 fully saturated rings. The first kappa shape index (κ1) is 15.1. The monoisotopic (exact) mass is 323 g/mol. The molecule has 1 atom stereocenters. The van der Waals surface area contributed by atoms with E-state index >= 15 is 0 Å². The van der Waals surface area contributed by atoms with E-state index in [2.05, 4.69) is 16.0 Å². The van der Waals surface area contributed by atoms with Gasteiger partial charge in [0.1, 0.15) is 11.8 Å². The fourth-order valence-electron chi connectivity index (χ4n) is 3.46. The molecule has 1 aliphatic carbocycles. The second-order valence-corrected chi connectivity index (χ2v) is 6.46. The molecule has 1 saturated heterocycles. The number of aromatic nitrogens is 2. The van der Waals surface area contributed by atoms with Crippen molar-refractivity contribution >= 4 is 5.91 Å². The van der Waals surface area contributed by atoms with E-state index in [1.807, 2.05) is 29.2 Å². The van der Waals surface area contributed by atoms with Gasteiger partial charge in [0.2, 0.25) is 5.88 Å². The van der Waals surface area contributed by atoms with Gasteiger partial charge >= 0.3 is 0 Å². The second-order valence-electron chi connectivity index (χ2n) is 6.46. The zero-order valence-corrected chi connectivity index (χ0v) is 13.6. The van der Waals surface area contributed by atoms with E-state index in [-0.39, 0.29) is 12.0 Å². The quantitative estimate of drug-likeness (QED) is 0.871. The van der Waals surface area contributed by atoms with E-state index < -0.39 is 0 Å². The lowest BCUT2D eigenvalue weighted by molar-refractivity contribution is 0.0765. The Morgan fingerprint density at radius 3 is 2.96 bits per heavy atom. The number of amides is 1. The molecule has 3 heterocycles. The number of hydrogen-bond donors (Lipinski definition) is 0. The number of carbonyl (C=O) groups is 1. The van der Waals surface area contributed by atoms with Gasteiger partial charge in [0.15, 0.2) is 0 Å². The lowest BCUT2D eigenvalue weighted by Gasteiger charge is -2.19. The molecule has 0 aromatic carbocycles. The molecule has 1 amide bonds. The van der Waals surface area contributed by atoms with Crippen LogP contribution in [0.2, 0.25) is 0 Å². The number of fused-ring (bicyclic) bond motifs is 1. The predicted molar refractivity (Wildman–Crippen MR) is 90.1 cm³/mol. The summed E-state index contributed by atoms with van der Waals surface area (Å²) in [7, 11) is 0. The molecule has 124 valence electrons. The molecule has 1 unspecified atom stereocenters. The number of likely N-dealkylation sites (tertiary alicyclic amines) is 1. The van der Waals surface area contributed by atoms with Gasteiger partial charge in [-0.1, -0.05) is 12.1 Å². The normalized spacial score (nSPS) is 19.8. The molecule has 0 radical (unpaired) electrons. The largest absolute Gasteiger partial charge is 0.472 e. The van der Waals surface area contributed by atoms with E-state index in [0.29, 0.717) is 24.7 Å². The summed E-state index contributed by atoms with van der Waals surface area (Å²) in [6.45, 7) is 1.29. The maximum absolute atomic E-state index is 12.7. The van der Waals surface area contributed by atoms with Gasteiger partial charge in [0.25, 0.3) is 5.91 Å². The Morgan fingerprint density at radius 1 is 1.17 bits per heavy atom. The molecule has 0 N–H and O–H groups in total. The third-order valence-corrected chi connectivity index (χ3v) is 4.75. The van der Waals surface area contributed by atoms with E-state index in [1.54, 1.807) is 6.20 Å². The number of aryl methyl sites for hydroxylation is 2. The van der Waals surface area contributed by atoms with E-state index in [9.17, 15) is 4.79 Å². The third-order valence-electron chi connectivity index (χ3n) is 4.75. The Labute approximate surface area is 141 Å². The van der Waals surface area contributed by atoms with Gasteiger partial charge in [-0.15, -0.1) is 0 Å². The Hall–Kier alpha value is -2.43. The molecule has 24 heavy (non-hydrogen) atoms. The van der Waals surface area contributed by atoms with E-state index in [4.69, 9.17) is 4.74 Å². The molecule has 5 nitrogen and oxygen atoms in total. The molecule has 0 spiro atoms. The summed E-state index contributed by atoms with van der Waals surface area (Å²) in [5.74, 6) is 0.624. The summed E-state index contributed by atoms with van der Waals surface area (Å²) in [6, 6.07) is 9.55. The lowest BCUT2D eigenvalue weighted by Crippen LogP contribution is -2.32. The van der Waals surface area contributed by atoms with Crippen molar-refractivity contribution in [3.63, 3.8) is 0 Å². The van der Waals surface area contributed by atoms with Gasteiger partial charge in [-0.2, -0.15) is 0 Å². The van der Waals surface area contributed by atoms with Crippen LogP contribution < -0.4 is 4.74 Å². The van der Waals surface area contributed by atoms with Gasteiger partial charge in [-0.25, -0.2) is 9.97 Å². The van der Waals surface area contributed by atoms with Crippen LogP contribution in [0.1, 0.15) is 41.0 Å². The molecule has 2 aromatic heterocycles. The second kappa shape index (κ2) is 6.59. The van der Waals surface area contributed by atoms with Crippen molar-refractivity contribution in [2.24, 2.45) is 0 Å². The van der Waals surface area contributed by atoms with Crippen molar-refractivity contribution in [3.05, 3.63) is 53.5 Å². The van der Waals surface area contributed by atoms with Crippen molar-refractivity contribution in [3.8, 4) is 5.88 Å². The van der Waals surface area contributed by atoms with Crippen LogP contribution in [-0.4, -0.2) is 40.0 Å². The van der Waals surface area contributed by atoms with Crippen LogP contribution in [0.3, 0.4) is 0 Å². The van der Waals surface area contributed by atoms with Crippen LogP contribution in [-0.2, 0) is 12.8 Å². The van der Waals surface area contributed by atoms with Gasteiger partial charge in [0.05, 0.1) is 6.54 Å². The number of rotatable bonds is 3. The van der Waals surface area contributed by atoms with Crippen LogP contribution in [0, 0.1) is 0 Å². The average Bonchev–Trinajstić information content (AvgIpc) is 3.10. The fourth-order valence-corrected chi connectivity index (χ4v) is 3.46. The highest BCUT2D eigenvalue weighted by Gasteiger charge is 2.29. The van der Waals surface area contributed by atoms with E-state index in [0.717, 1.165) is 25.0 Å². The van der Waals surface area contributed by atoms with Crippen molar-refractivity contribution in [1.29, 1.82) is 0 Å². The summed E-state index contributed by atoms with van der Waals surface area (Å²) >= 11 is 0. The van der Waals surface area contributed by atoms with Crippen molar-refractivity contribution in [1.82, 2.24) is 14.9 Å². The Bertz CT molecular complexity index is 733. The maximum atomic E-state index is 12.7. The maximum Gasteiger partial charge on any atom is 0.272 e. The first-order valence-electron chi connectivity index (χ1n) is 8.65. The van der Waals surface area contributed by atoms with Crippen molar-refractivity contribution in [2.45, 2.75) is 38.2 Å². The molecule has 2 aromatic rings. The minimum atomic E-state index is 0.00137. The van der Waals surface area contributed by atoms with E-state index in [1.165, 1.54) is 18.4 Å². The topological polar surface area (TPSA) is 55.3 Å². The summed E-state index contributed by atoms with van der Waals surface area (Å²) in [5.41, 5.74) is 2.97. The molecule has 1 aliphatic heterocycles. The SMILES string of the molecule is O=C(c1ccc2c(n1)CCCC2)N1CCC(Oc2ccccn2)C1. The minimum Gasteiger partial charge on any atom is -0.472 e. The highest BCUT2D eigenvalue weighted by molar-refractivity contribution is 5.92. The average molecular weight is 323 g/mol. The van der Waals surface area contributed by atoms with Crippen LogP contribution in [0.5, 0.6) is 5.88 Å². The Balaban J connectivity index is 1.42. The van der Waals surface area contributed by atoms with Crippen LogP contribution >= 0.6 is 0 Å². The Kier molecular flexibility index (Phi) is 4.15. The summed E-state index contributed by atoms with van der Waals surface area (Å²) in [4.78, 5) is 23.4. The smallest absolute Gasteiger partial charge is 0.272 e. The molecule has 4 rings (SSSR count). The van der Waals surface area contributed by atoms with Gasteiger partial charge in [0, 0.05) is 30.9 Å². The lowest BCUT2D eigenvalue weighted by atomic mass is 9.96. The van der Waals surface area contributed by atoms with Crippen molar-refractivity contribution in [2.75, 3.05) is 13.1 Å². The van der Waals surface area contributed by atoms with Gasteiger partial charge in [-0.3, -0.25) is 4.79 Å². The summed E-state index contributed by atoms with van der Waals surface area (Å²) in [6.07, 6.45) is 7.00. The molecule has 2 aliphatic rings. The minimum absolute atomic E-state index is 0.00137. The highest BCUT2D eigenvalue weighted by Crippen LogP contribution is 2.22. The highest BCUT2D eigenvalue weighted by atomic mass is 16.5. The standard InChI is InChI=1S/C19H21N3O2/c23-19(17-9-8-14-5-1-2-6-16(14)21-17)22-12-10-15(13-22)24-18-7-3-4-11-20-18/h3-4,7-9,11,15H,1-2,5-6,10,12-13H2. The Morgan fingerprint density at radius 2 is 2.08 bits per heavy atom. The first-order valence-corrected chi connectivity index (χ1v) is 8.65. The molecule has 0 saturated carbocycles. The summed E-state index contributed by atoms with van der Waals surface area (Å²) in [5, 5.41) is 0. The van der Waals surface area contributed by atoms with Crippen LogP contribution in [0.25, 0.3) is 0 Å². The van der Waals surface area contributed by atoms with Gasteiger partial charge < -0.3 is 9.64 Å². The number of ether oxygens (including phenoxy) is 1. The first-order chi connectivity index (χ1) is 11.8. The number of nitrogens with zero attached hydrogens (tertiary/aromatic N) is 3. The van der Waals surface area contributed by atoms with Crippen LogP contribution in [0.4, 0.5) is 0 Å². The van der Waals surface area contributed by atoms with Gasteiger partial charge in [-0.05, 0) is 43.4 Å². The number of carbonyl (C=O) groups excluding carboxylic acids is 1. The molecular formula is C19H21N3O2. The third kappa shape index (κ3) is 3.11. The zero-order chi connectivity index (χ0) is 16.4. The van der Waals surface area contributed by atoms with Crippen LogP contribution in [0.15, 0.2) is 36.5 Å².